The van der Waals surface area contributed by atoms with Gasteiger partial charge >= 0.3 is 0 Å². The average molecular weight is 198 g/mol. The Labute approximate surface area is 51.4 Å². The van der Waals surface area contributed by atoms with E-state index in [0.29, 0.717) is 0 Å². The Morgan fingerprint density at radius 3 is 2.17 bits per heavy atom. The minimum absolute atomic E-state index is 1.72. The molecule has 0 fully saturated rings. The van der Waals surface area contributed by atoms with Crippen LogP contribution in [0.4, 0.5) is 0 Å². The van der Waals surface area contributed by atoms with Crippen LogP contribution in [0.5, 0.6) is 0 Å². The number of nitrogens with zero attached hydrogens (tertiary/aromatic N) is 2. The van der Waals surface area contributed by atoms with Gasteiger partial charge in [-0.1, -0.05) is 0 Å². The molecule has 36 valence electrons. The quantitative estimate of drug-likeness (QED) is 0.347. The van der Waals surface area contributed by atoms with Gasteiger partial charge in [0, 0.05) is 14.1 Å². The molecule has 0 saturated carbocycles. The fraction of sp³-hybridized carbons (Fsp3) is 0.667. The third-order valence-electron chi connectivity index (χ3n) is 0.275. The van der Waals surface area contributed by atoms with Crippen molar-refractivity contribution in [3.63, 3.8) is 0 Å². The summed E-state index contributed by atoms with van der Waals surface area (Å²) in [7, 11) is 3.77. The second-order valence-electron chi connectivity index (χ2n) is 1.06. The Bertz CT molecular complexity index is 50.8. The van der Waals surface area contributed by atoms with E-state index in [1.54, 1.807) is 9.23 Å². The highest BCUT2D eigenvalue weighted by Gasteiger charge is 1.67. The van der Waals surface area contributed by atoms with E-state index in [1.807, 2.05) is 14.1 Å². The minimum Gasteiger partial charge on any atom is -0.303 e. The first-order valence-electron chi connectivity index (χ1n) is 1.57. The largest absolute Gasteiger partial charge is 0.303 e. The van der Waals surface area contributed by atoms with E-state index in [1.165, 1.54) is 0 Å². The van der Waals surface area contributed by atoms with E-state index >= 15 is 0 Å². The lowest BCUT2D eigenvalue weighted by atomic mass is 11.2. The zero-order valence-corrected chi connectivity index (χ0v) is 6.01. The maximum absolute atomic E-state index is 3.82. The number of hydrogen-bond acceptors (Lipinski definition) is 2. The fourth-order valence-electron chi connectivity index (χ4n) is 0.0873. The summed E-state index contributed by atoms with van der Waals surface area (Å²) in [4.78, 5) is 0. The molecule has 0 aromatic heterocycles. The van der Waals surface area contributed by atoms with Crippen molar-refractivity contribution in [3.05, 3.63) is 0 Å². The molecule has 0 amide bonds. The first-order valence-corrected chi connectivity index (χ1v) is 2.82. The standard InChI is InChI=1S/C3H7IN2/c1-6(2)5-3-4/h3H,1-2H3/b5-3-. The van der Waals surface area contributed by atoms with E-state index in [9.17, 15) is 0 Å². The molecule has 0 bridgehead atoms. The predicted molar refractivity (Wildman–Crippen MR) is 36.2 cm³/mol. The van der Waals surface area contributed by atoms with Crippen LogP contribution in [-0.2, 0) is 0 Å². The first kappa shape index (κ1) is 6.20. The monoisotopic (exact) mass is 198 g/mol. The summed E-state index contributed by atoms with van der Waals surface area (Å²) >= 11 is 2.07. The molecule has 6 heavy (non-hydrogen) atoms. The average Bonchev–Trinajstić information content (AvgIpc) is 1.35. The lowest BCUT2D eigenvalue weighted by Gasteiger charge is -1.98. The highest BCUT2D eigenvalue weighted by atomic mass is 127. The molecule has 2 nitrogen and oxygen atoms in total. The SMILES string of the molecule is CN(C)/N=C\I. The van der Waals surface area contributed by atoms with Crippen molar-refractivity contribution in [2.75, 3.05) is 14.1 Å². The van der Waals surface area contributed by atoms with Crippen LogP contribution in [0.1, 0.15) is 0 Å². The van der Waals surface area contributed by atoms with Crippen LogP contribution in [0, 0.1) is 0 Å². The maximum atomic E-state index is 3.82. The molecule has 0 radical (unpaired) electrons. The smallest absolute Gasteiger partial charge is 0.0853 e. The molecular formula is C3H7IN2. The highest BCUT2D eigenvalue weighted by Crippen LogP contribution is 1.74. The lowest BCUT2D eigenvalue weighted by Crippen LogP contribution is -1.99. The zero-order chi connectivity index (χ0) is 4.99. The van der Waals surface area contributed by atoms with E-state index in [2.05, 4.69) is 27.7 Å². The maximum Gasteiger partial charge on any atom is 0.0853 e. The van der Waals surface area contributed by atoms with Crippen LogP contribution in [0.2, 0.25) is 0 Å². The summed E-state index contributed by atoms with van der Waals surface area (Å²) in [6.45, 7) is 0. The molecule has 0 saturated heterocycles. The number of hydrazone groups is 1. The molecular weight excluding hydrogens is 191 g/mol. The summed E-state index contributed by atoms with van der Waals surface area (Å²) in [5.41, 5.74) is 0. The molecule has 0 aliphatic heterocycles. The summed E-state index contributed by atoms with van der Waals surface area (Å²) in [6.07, 6.45) is 0. The molecule has 0 rings (SSSR count). The van der Waals surface area contributed by atoms with Crippen molar-refractivity contribution in [1.82, 2.24) is 5.01 Å². The van der Waals surface area contributed by atoms with Crippen molar-refractivity contribution in [3.8, 4) is 0 Å². The van der Waals surface area contributed by atoms with Crippen molar-refractivity contribution in [2.24, 2.45) is 5.10 Å². The second kappa shape index (κ2) is 3.39. The molecule has 0 aromatic carbocycles. The Morgan fingerprint density at radius 2 is 2.17 bits per heavy atom. The van der Waals surface area contributed by atoms with Crippen molar-refractivity contribution >= 4 is 26.8 Å². The van der Waals surface area contributed by atoms with E-state index in [4.69, 9.17) is 0 Å². The van der Waals surface area contributed by atoms with Crippen molar-refractivity contribution in [1.29, 1.82) is 0 Å². The van der Waals surface area contributed by atoms with Gasteiger partial charge in [0.25, 0.3) is 0 Å². The summed E-state index contributed by atoms with van der Waals surface area (Å²) in [6, 6.07) is 0. The molecule has 0 atom stereocenters. The first-order chi connectivity index (χ1) is 2.77. The summed E-state index contributed by atoms with van der Waals surface area (Å²) < 4.78 is 1.72. The predicted octanol–water partition coefficient (Wildman–Crippen LogP) is 0.926. The third-order valence-corrected chi connectivity index (χ3v) is 0.524. The molecule has 3 heteroatoms. The van der Waals surface area contributed by atoms with Crippen LogP contribution in [0.15, 0.2) is 5.10 Å². The van der Waals surface area contributed by atoms with Crippen LogP contribution in [0.3, 0.4) is 0 Å². The van der Waals surface area contributed by atoms with Gasteiger partial charge in [-0.2, -0.15) is 5.10 Å². The molecule has 0 unspecified atom stereocenters. The summed E-state index contributed by atoms with van der Waals surface area (Å²) in [5, 5.41) is 5.56. The Kier molecular flexibility index (Phi) is 3.51. The normalized spacial score (nSPS) is 9.83. The third kappa shape index (κ3) is 4.20. The van der Waals surface area contributed by atoms with Crippen LogP contribution in [0.25, 0.3) is 0 Å². The van der Waals surface area contributed by atoms with Gasteiger partial charge < -0.3 is 5.01 Å². The Balaban J connectivity index is 3.03. The Morgan fingerprint density at radius 1 is 1.67 bits per heavy atom. The van der Waals surface area contributed by atoms with Crippen molar-refractivity contribution < 1.29 is 0 Å². The van der Waals surface area contributed by atoms with E-state index < -0.39 is 0 Å². The molecule has 0 N–H and O–H groups in total. The second-order valence-corrected chi connectivity index (χ2v) is 1.62. The Hall–Kier alpha value is 0.200. The molecule has 0 aliphatic rings. The molecule has 0 spiro atoms. The van der Waals surface area contributed by atoms with Crippen molar-refractivity contribution in [2.45, 2.75) is 0 Å². The van der Waals surface area contributed by atoms with Crippen LogP contribution < -0.4 is 0 Å². The lowest BCUT2D eigenvalue weighted by molar-refractivity contribution is 0.442. The van der Waals surface area contributed by atoms with Gasteiger partial charge in [-0.05, 0) is 22.6 Å². The molecule has 0 heterocycles. The number of rotatable bonds is 1. The van der Waals surface area contributed by atoms with Gasteiger partial charge in [0.15, 0.2) is 0 Å². The number of hydrogen-bond donors (Lipinski definition) is 0. The summed E-state index contributed by atoms with van der Waals surface area (Å²) in [5.74, 6) is 0. The van der Waals surface area contributed by atoms with Gasteiger partial charge in [-0.15, -0.1) is 0 Å². The highest BCUT2D eigenvalue weighted by molar-refractivity contribution is 14.1. The minimum atomic E-state index is 1.72. The van der Waals surface area contributed by atoms with Gasteiger partial charge in [-0.25, -0.2) is 0 Å². The molecule has 0 aliphatic carbocycles. The van der Waals surface area contributed by atoms with Crippen LogP contribution >= 0.6 is 22.6 Å². The van der Waals surface area contributed by atoms with Gasteiger partial charge in [0.1, 0.15) is 0 Å². The van der Waals surface area contributed by atoms with Gasteiger partial charge in [-0.3, -0.25) is 0 Å². The number of halogens is 1. The topological polar surface area (TPSA) is 15.6 Å². The van der Waals surface area contributed by atoms with E-state index in [0.717, 1.165) is 0 Å². The van der Waals surface area contributed by atoms with E-state index in [-0.39, 0.29) is 0 Å². The van der Waals surface area contributed by atoms with Gasteiger partial charge in [0.05, 0.1) is 4.22 Å². The fourth-order valence-corrected chi connectivity index (χ4v) is 0.586. The molecule has 0 aromatic rings. The van der Waals surface area contributed by atoms with Gasteiger partial charge in [0.2, 0.25) is 0 Å². The zero-order valence-electron chi connectivity index (χ0n) is 3.85. The van der Waals surface area contributed by atoms with Crippen LogP contribution in [-0.4, -0.2) is 23.3 Å².